The van der Waals surface area contributed by atoms with Gasteiger partial charge in [-0.05, 0) is 62.1 Å². The van der Waals surface area contributed by atoms with Gasteiger partial charge in [0.15, 0.2) is 0 Å². The van der Waals surface area contributed by atoms with Gasteiger partial charge in [0.2, 0.25) is 0 Å². The Kier molecular flexibility index (Phi) is 7.19. The average Bonchev–Trinajstić information content (AvgIpc) is 2.84. The third-order valence-electron chi connectivity index (χ3n) is 7.49. The van der Waals surface area contributed by atoms with Crippen molar-refractivity contribution in [3.05, 3.63) is 78.4 Å². The Hall–Kier alpha value is -2.96. The van der Waals surface area contributed by atoms with Crippen LogP contribution in [0.25, 0.3) is 0 Å². The Bertz CT molecular complexity index is 1040. The lowest BCUT2D eigenvalue weighted by molar-refractivity contribution is -0.146. The summed E-state index contributed by atoms with van der Waals surface area (Å²) >= 11 is 0. The van der Waals surface area contributed by atoms with Gasteiger partial charge in [-0.15, -0.1) is 6.58 Å². The molecular formula is C28H34N2O4. The lowest BCUT2D eigenvalue weighted by atomic mass is 9.55. The highest BCUT2D eigenvalue weighted by Gasteiger charge is 2.58. The van der Waals surface area contributed by atoms with Crippen LogP contribution in [0, 0.1) is 0 Å². The highest BCUT2D eigenvalue weighted by Crippen LogP contribution is 2.53. The van der Waals surface area contributed by atoms with Crippen LogP contribution in [0.1, 0.15) is 48.5 Å². The number of benzene rings is 2. The van der Waals surface area contributed by atoms with Gasteiger partial charge in [-0.3, -0.25) is 14.5 Å². The average molecular weight is 463 g/mol. The Balaban J connectivity index is 1.69. The van der Waals surface area contributed by atoms with E-state index in [0.29, 0.717) is 11.3 Å². The minimum atomic E-state index is -0.420. The minimum Gasteiger partial charge on any atom is -0.427 e. The maximum absolute atomic E-state index is 13.0. The van der Waals surface area contributed by atoms with Crippen LogP contribution >= 0.6 is 0 Å². The van der Waals surface area contributed by atoms with Crippen molar-refractivity contribution in [3.8, 4) is 5.75 Å². The van der Waals surface area contributed by atoms with Crippen molar-refractivity contribution in [2.24, 2.45) is 0 Å². The van der Waals surface area contributed by atoms with Crippen molar-refractivity contribution in [2.75, 3.05) is 26.7 Å². The second-order valence-electron chi connectivity index (χ2n) is 9.45. The predicted molar refractivity (Wildman–Crippen MR) is 132 cm³/mol. The van der Waals surface area contributed by atoms with Crippen LogP contribution in [-0.4, -0.2) is 55.2 Å². The standard InChI is InChI=1S/C28H34N2O4/c1-4-16-30-17-15-27(23-11-8-12-25(18-23)34-21(2)31)19-24(13-14-28(27,20-30)33-3)29-26(32)22-9-6-5-7-10-22/h4-12,18,24H,1,13-17,19-20H2,2-3H3,(H,29,32)/t24-,27-,28-/m0/s1. The number of amides is 1. The molecule has 2 aliphatic rings. The molecule has 2 aromatic rings. The third kappa shape index (κ3) is 4.65. The number of esters is 1. The van der Waals surface area contributed by atoms with Gasteiger partial charge in [0.1, 0.15) is 5.75 Å². The van der Waals surface area contributed by atoms with Crippen LogP contribution in [0.2, 0.25) is 0 Å². The van der Waals surface area contributed by atoms with E-state index in [-0.39, 0.29) is 23.3 Å². The van der Waals surface area contributed by atoms with Gasteiger partial charge in [-0.1, -0.05) is 36.4 Å². The fourth-order valence-electron chi connectivity index (χ4n) is 5.94. The quantitative estimate of drug-likeness (QED) is 0.381. The predicted octanol–water partition coefficient (Wildman–Crippen LogP) is 4.11. The maximum atomic E-state index is 13.0. The Morgan fingerprint density at radius 1 is 1.18 bits per heavy atom. The molecule has 1 aliphatic carbocycles. The number of hydrogen-bond donors (Lipinski definition) is 1. The number of piperidine rings is 1. The molecule has 6 nitrogen and oxygen atoms in total. The Morgan fingerprint density at radius 2 is 1.97 bits per heavy atom. The molecule has 34 heavy (non-hydrogen) atoms. The van der Waals surface area contributed by atoms with E-state index in [4.69, 9.17) is 9.47 Å². The molecule has 2 aromatic carbocycles. The van der Waals surface area contributed by atoms with Crippen molar-refractivity contribution >= 4 is 11.9 Å². The number of hydrogen-bond acceptors (Lipinski definition) is 5. The maximum Gasteiger partial charge on any atom is 0.308 e. The largest absolute Gasteiger partial charge is 0.427 e. The zero-order valence-electron chi connectivity index (χ0n) is 20.1. The first-order chi connectivity index (χ1) is 16.4. The van der Waals surface area contributed by atoms with E-state index in [9.17, 15) is 9.59 Å². The summed E-state index contributed by atoms with van der Waals surface area (Å²) in [5.41, 5.74) is 1.00. The second-order valence-corrected chi connectivity index (χ2v) is 9.45. The van der Waals surface area contributed by atoms with Crippen molar-refractivity contribution in [1.29, 1.82) is 0 Å². The van der Waals surface area contributed by atoms with Crippen molar-refractivity contribution in [2.45, 2.75) is 49.7 Å². The third-order valence-corrected chi connectivity index (χ3v) is 7.49. The first kappa shape index (κ1) is 24.2. The molecule has 0 radical (unpaired) electrons. The molecule has 3 atom stereocenters. The lowest BCUT2D eigenvalue weighted by Gasteiger charge is -2.59. The zero-order valence-corrected chi connectivity index (χ0v) is 20.1. The lowest BCUT2D eigenvalue weighted by Crippen LogP contribution is -2.67. The molecule has 0 spiro atoms. The monoisotopic (exact) mass is 462 g/mol. The van der Waals surface area contributed by atoms with E-state index >= 15 is 0 Å². The molecule has 6 heteroatoms. The van der Waals surface area contributed by atoms with Crippen molar-refractivity contribution < 1.29 is 19.1 Å². The number of nitrogens with zero attached hydrogens (tertiary/aromatic N) is 1. The number of rotatable bonds is 7. The molecule has 0 unspecified atom stereocenters. The molecule has 180 valence electrons. The highest BCUT2D eigenvalue weighted by atomic mass is 16.5. The number of nitrogens with one attached hydrogen (secondary N) is 1. The molecule has 0 aromatic heterocycles. The summed E-state index contributed by atoms with van der Waals surface area (Å²) in [5, 5.41) is 3.28. The summed E-state index contributed by atoms with van der Waals surface area (Å²) in [6.45, 7) is 7.82. The van der Waals surface area contributed by atoms with Gasteiger partial charge in [0.25, 0.3) is 5.91 Å². The van der Waals surface area contributed by atoms with Crippen LogP contribution in [0.5, 0.6) is 5.75 Å². The number of carbonyl (C=O) groups is 2. The molecule has 1 amide bonds. The molecule has 4 rings (SSSR count). The van der Waals surface area contributed by atoms with Gasteiger partial charge in [-0.2, -0.15) is 0 Å². The van der Waals surface area contributed by atoms with Crippen molar-refractivity contribution in [1.82, 2.24) is 10.2 Å². The van der Waals surface area contributed by atoms with E-state index in [1.165, 1.54) is 6.92 Å². The number of likely N-dealkylation sites (tertiary alicyclic amines) is 1. The number of ether oxygens (including phenoxy) is 2. The number of methoxy groups -OCH3 is 1. The summed E-state index contributed by atoms with van der Waals surface area (Å²) in [4.78, 5) is 27.0. The molecule has 1 saturated heterocycles. The van der Waals surface area contributed by atoms with E-state index < -0.39 is 5.60 Å². The summed E-state index contributed by atoms with van der Waals surface area (Å²) in [7, 11) is 1.80. The van der Waals surface area contributed by atoms with Gasteiger partial charge in [-0.25, -0.2) is 0 Å². The zero-order chi connectivity index (χ0) is 24.2. The second kappa shape index (κ2) is 10.1. The topological polar surface area (TPSA) is 67.9 Å². The fourth-order valence-corrected chi connectivity index (χ4v) is 5.94. The van der Waals surface area contributed by atoms with Gasteiger partial charge < -0.3 is 14.8 Å². The van der Waals surface area contributed by atoms with Gasteiger partial charge >= 0.3 is 5.97 Å². The van der Waals surface area contributed by atoms with E-state index in [0.717, 1.165) is 50.9 Å². The highest BCUT2D eigenvalue weighted by molar-refractivity contribution is 5.94. The molecule has 2 fully saturated rings. The smallest absolute Gasteiger partial charge is 0.308 e. The normalized spacial score (nSPS) is 26.8. The molecule has 1 N–H and O–H groups in total. The summed E-state index contributed by atoms with van der Waals surface area (Å²) in [6, 6.07) is 17.2. The Morgan fingerprint density at radius 3 is 2.68 bits per heavy atom. The first-order valence-corrected chi connectivity index (χ1v) is 11.9. The number of carbonyl (C=O) groups excluding carboxylic acids is 2. The van der Waals surface area contributed by atoms with Gasteiger partial charge in [0.05, 0.1) is 5.60 Å². The molecular weight excluding hydrogens is 428 g/mol. The molecule has 1 heterocycles. The fraction of sp³-hybridized carbons (Fsp3) is 0.429. The number of fused-ring (bicyclic) bond motifs is 1. The van der Waals surface area contributed by atoms with E-state index in [1.807, 2.05) is 48.5 Å². The Labute approximate surface area is 201 Å². The van der Waals surface area contributed by atoms with Crippen LogP contribution in [0.3, 0.4) is 0 Å². The SMILES string of the molecule is C=CCN1CC[C@@]2(c3cccc(OC(C)=O)c3)C[C@@H](NC(=O)c3ccccc3)CC[C@]2(OC)C1. The molecule has 1 aliphatic heterocycles. The molecule has 1 saturated carbocycles. The van der Waals surface area contributed by atoms with Crippen LogP contribution in [-0.2, 0) is 14.9 Å². The van der Waals surface area contributed by atoms with Crippen LogP contribution in [0.4, 0.5) is 0 Å². The molecule has 0 bridgehead atoms. The first-order valence-electron chi connectivity index (χ1n) is 11.9. The summed E-state index contributed by atoms with van der Waals surface area (Å²) in [5.74, 6) is 0.141. The van der Waals surface area contributed by atoms with Crippen molar-refractivity contribution in [3.63, 3.8) is 0 Å². The summed E-state index contributed by atoms with van der Waals surface area (Å²) < 4.78 is 11.8. The van der Waals surface area contributed by atoms with E-state index in [1.54, 1.807) is 13.2 Å². The van der Waals surface area contributed by atoms with Crippen LogP contribution < -0.4 is 10.1 Å². The minimum absolute atomic E-state index is 0.0133. The van der Waals surface area contributed by atoms with E-state index in [2.05, 4.69) is 22.9 Å². The van der Waals surface area contributed by atoms with Crippen LogP contribution in [0.15, 0.2) is 67.3 Å². The van der Waals surface area contributed by atoms with Gasteiger partial charge in [0, 0.05) is 44.1 Å². The summed E-state index contributed by atoms with van der Waals surface area (Å²) in [6.07, 6.45) is 5.21.